The van der Waals surface area contributed by atoms with E-state index in [9.17, 15) is 9.59 Å². The summed E-state index contributed by atoms with van der Waals surface area (Å²) in [6.07, 6.45) is 1.61. The van der Waals surface area contributed by atoms with Gasteiger partial charge in [0.1, 0.15) is 6.54 Å². The van der Waals surface area contributed by atoms with E-state index in [1.165, 1.54) is 16.2 Å². The Morgan fingerprint density at radius 3 is 2.52 bits per heavy atom. The topological polar surface area (TPSA) is 54.3 Å². The average molecular weight is 426 g/mol. The van der Waals surface area contributed by atoms with Crippen molar-refractivity contribution in [3.05, 3.63) is 93.3 Å². The monoisotopic (exact) mass is 425 g/mol. The molecule has 5 nitrogen and oxygen atoms in total. The Kier molecular flexibility index (Phi) is 6.08. The molecular weight excluding hydrogens is 406 g/mol. The van der Waals surface area contributed by atoms with E-state index < -0.39 is 0 Å². The predicted molar refractivity (Wildman–Crippen MR) is 112 cm³/mol. The maximum absolute atomic E-state index is 12.5. The third-order valence-corrected chi connectivity index (χ3v) is 4.58. The van der Waals surface area contributed by atoms with Gasteiger partial charge in [-0.05, 0) is 39.7 Å². The first-order valence-corrected chi connectivity index (χ1v) is 9.32. The first-order chi connectivity index (χ1) is 13.0. The summed E-state index contributed by atoms with van der Waals surface area (Å²) in [5.41, 5.74) is 2.59. The van der Waals surface area contributed by atoms with E-state index in [1.54, 1.807) is 12.3 Å². The van der Waals surface area contributed by atoms with Gasteiger partial charge in [-0.25, -0.2) is 0 Å². The Morgan fingerprint density at radius 1 is 1.04 bits per heavy atom. The fourth-order valence-corrected chi connectivity index (χ4v) is 3.20. The van der Waals surface area contributed by atoms with Gasteiger partial charge < -0.3 is 14.8 Å². The van der Waals surface area contributed by atoms with Gasteiger partial charge in [0, 0.05) is 30.3 Å². The van der Waals surface area contributed by atoms with E-state index in [0.29, 0.717) is 5.69 Å². The number of hydrogen-bond acceptors (Lipinski definition) is 3. The molecule has 1 amide bonds. The quantitative estimate of drug-likeness (QED) is 0.651. The molecule has 0 aliphatic heterocycles. The molecule has 1 aromatic heterocycles. The Labute approximate surface area is 166 Å². The molecule has 1 heterocycles. The van der Waals surface area contributed by atoms with Gasteiger partial charge in [-0.2, -0.15) is 0 Å². The van der Waals surface area contributed by atoms with Gasteiger partial charge in [0.25, 0.3) is 5.56 Å². The summed E-state index contributed by atoms with van der Waals surface area (Å²) in [5, 5.41) is 2.92. The van der Waals surface area contributed by atoms with Crippen LogP contribution in [0.4, 0.5) is 11.4 Å². The number of carbonyl (C=O) groups excluding carboxylic acids is 1. The first kappa shape index (κ1) is 18.9. The summed E-state index contributed by atoms with van der Waals surface area (Å²) in [5.74, 6) is -0.254. The van der Waals surface area contributed by atoms with Crippen LogP contribution in [0.3, 0.4) is 0 Å². The van der Waals surface area contributed by atoms with Crippen molar-refractivity contribution in [3.8, 4) is 0 Å². The van der Waals surface area contributed by atoms with Crippen molar-refractivity contribution in [3.63, 3.8) is 0 Å². The van der Waals surface area contributed by atoms with Crippen molar-refractivity contribution in [2.75, 3.05) is 17.3 Å². The number of benzene rings is 2. The second kappa shape index (κ2) is 8.68. The summed E-state index contributed by atoms with van der Waals surface area (Å²) in [6, 6.07) is 20.9. The van der Waals surface area contributed by atoms with Gasteiger partial charge in [-0.3, -0.25) is 9.59 Å². The van der Waals surface area contributed by atoms with Crippen LogP contribution < -0.4 is 15.8 Å². The SMILES string of the molecule is CN(Cc1ccccc1)c1ccccc1NC(=O)Cn1cc(Br)ccc1=O. The number of hydrogen-bond donors (Lipinski definition) is 1. The summed E-state index contributed by atoms with van der Waals surface area (Å²) < 4.78 is 2.12. The second-order valence-corrected chi connectivity index (χ2v) is 7.14. The van der Waals surface area contributed by atoms with Crippen LogP contribution in [0.5, 0.6) is 0 Å². The molecule has 0 saturated carbocycles. The van der Waals surface area contributed by atoms with Crippen molar-refractivity contribution >= 4 is 33.2 Å². The highest BCUT2D eigenvalue weighted by atomic mass is 79.9. The van der Waals surface area contributed by atoms with E-state index in [1.807, 2.05) is 49.5 Å². The van der Waals surface area contributed by atoms with Crippen LogP contribution in [0.1, 0.15) is 5.56 Å². The molecule has 0 unspecified atom stereocenters. The predicted octanol–water partition coefficient (Wildman–Crippen LogP) is 3.89. The minimum atomic E-state index is -0.254. The molecule has 0 fully saturated rings. The maximum Gasteiger partial charge on any atom is 0.251 e. The molecule has 2 aromatic carbocycles. The minimum absolute atomic E-state index is 0.0466. The number of anilines is 2. The molecule has 0 atom stereocenters. The minimum Gasteiger partial charge on any atom is -0.369 e. The molecule has 0 radical (unpaired) electrons. The Bertz CT molecular complexity index is 986. The van der Waals surface area contributed by atoms with Crippen molar-refractivity contribution in [1.82, 2.24) is 4.57 Å². The number of halogens is 1. The molecular formula is C21H20BrN3O2. The molecule has 0 bridgehead atoms. The zero-order valence-electron chi connectivity index (χ0n) is 14.9. The number of amides is 1. The fourth-order valence-electron chi connectivity index (χ4n) is 2.82. The summed E-state index contributed by atoms with van der Waals surface area (Å²) in [7, 11) is 1.98. The Morgan fingerprint density at radius 2 is 1.74 bits per heavy atom. The standard InChI is InChI=1S/C21H20BrN3O2/c1-24(13-16-7-3-2-4-8-16)19-10-6-5-9-18(19)23-20(26)15-25-14-17(22)11-12-21(25)27/h2-12,14H,13,15H2,1H3,(H,23,26). The zero-order chi connectivity index (χ0) is 19.2. The number of aromatic nitrogens is 1. The second-order valence-electron chi connectivity index (χ2n) is 6.22. The maximum atomic E-state index is 12.5. The van der Waals surface area contributed by atoms with Crippen molar-refractivity contribution in [1.29, 1.82) is 0 Å². The van der Waals surface area contributed by atoms with E-state index in [-0.39, 0.29) is 18.0 Å². The molecule has 3 rings (SSSR count). The number of nitrogens with one attached hydrogen (secondary N) is 1. The van der Waals surface area contributed by atoms with Crippen LogP contribution in [0.2, 0.25) is 0 Å². The lowest BCUT2D eigenvalue weighted by atomic mass is 10.2. The van der Waals surface area contributed by atoms with Gasteiger partial charge in [-0.1, -0.05) is 42.5 Å². The normalized spacial score (nSPS) is 10.4. The van der Waals surface area contributed by atoms with Gasteiger partial charge >= 0.3 is 0 Å². The summed E-state index contributed by atoms with van der Waals surface area (Å²) in [6.45, 7) is 0.674. The smallest absolute Gasteiger partial charge is 0.251 e. The van der Waals surface area contributed by atoms with Crippen molar-refractivity contribution in [2.45, 2.75) is 13.1 Å². The van der Waals surface area contributed by atoms with Crippen LogP contribution >= 0.6 is 15.9 Å². The highest BCUT2D eigenvalue weighted by molar-refractivity contribution is 9.10. The highest BCUT2D eigenvalue weighted by Crippen LogP contribution is 2.26. The van der Waals surface area contributed by atoms with E-state index in [2.05, 4.69) is 38.3 Å². The number of nitrogens with zero attached hydrogens (tertiary/aromatic N) is 2. The van der Waals surface area contributed by atoms with Gasteiger partial charge in [-0.15, -0.1) is 0 Å². The third kappa shape index (κ3) is 5.08. The zero-order valence-corrected chi connectivity index (χ0v) is 16.5. The lowest BCUT2D eigenvalue weighted by molar-refractivity contribution is -0.116. The van der Waals surface area contributed by atoms with Crippen LogP contribution in [0, 0.1) is 0 Å². The number of rotatable bonds is 6. The highest BCUT2D eigenvalue weighted by Gasteiger charge is 2.11. The van der Waals surface area contributed by atoms with E-state index >= 15 is 0 Å². The summed E-state index contributed by atoms with van der Waals surface area (Å²) >= 11 is 3.32. The van der Waals surface area contributed by atoms with Crippen LogP contribution in [-0.2, 0) is 17.9 Å². The molecule has 0 saturated heterocycles. The lowest BCUT2D eigenvalue weighted by Gasteiger charge is -2.23. The molecule has 0 aliphatic carbocycles. The number of carbonyl (C=O) groups is 1. The van der Waals surface area contributed by atoms with E-state index in [0.717, 1.165) is 16.7 Å². The molecule has 0 spiro atoms. The van der Waals surface area contributed by atoms with Crippen LogP contribution in [0.25, 0.3) is 0 Å². The molecule has 6 heteroatoms. The third-order valence-electron chi connectivity index (χ3n) is 4.11. The molecule has 27 heavy (non-hydrogen) atoms. The largest absolute Gasteiger partial charge is 0.369 e. The number of pyridine rings is 1. The Hall–Kier alpha value is -2.86. The van der Waals surface area contributed by atoms with Crippen molar-refractivity contribution in [2.24, 2.45) is 0 Å². The summed E-state index contributed by atoms with van der Waals surface area (Å²) in [4.78, 5) is 26.4. The molecule has 1 N–H and O–H groups in total. The molecule has 138 valence electrons. The first-order valence-electron chi connectivity index (χ1n) is 8.53. The van der Waals surface area contributed by atoms with Crippen LogP contribution in [-0.4, -0.2) is 17.5 Å². The van der Waals surface area contributed by atoms with Gasteiger partial charge in [0.15, 0.2) is 0 Å². The number of para-hydroxylation sites is 2. The molecule has 3 aromatic rings. The van der Waals surface area contributed by atoms with Crippen LogP contribution in [0.15, 0.2) is 82.2 Å². The van der Waals surface area contributed by atoms with E-state index in [4.69, 9.17) is 0 Å². The van der Waals surface area contributed by atoms with Gasteiger partial charge in [0.05, 0.1) is 11.4 Å². The Balaban J connectivity index is 1.74. The lowest BCUT2D eigenvalue weighted by Crippen LogP contribution is -2.27. The fraction of sp³-hybridized carbons (Fsp3) is 0.143. The molecule has 0 aliphatic rings. The van der Waals surface area contributed by atoms with Crippen molar-refractivity contribution < 1.29 is 4.79 Å². The average Bonchev–Trinajstić information content (AvgIpc) is 2.66. The van der Waals surface area contributed by atoms with Gasteiger partial charge in [0.2, 0.25) is 5.91 Å².